The number of hydrogen-bond donors (Lipinski definition) is 5. The summed E-state index contributed by atoms with van der Waals surface area (Å²) in [6, 6.07) is 6.06. The summed E-state index contributed by atoms with van der Waals surface area (Å²) >= 11 is 0. The van der Waals surface area contributed by atoms with Crippen LogP contribution in [0, 0.1) is 0 Å². The molecule has 3 amide bonds. The summed E-state index contributed by atoms with van der Waals surface area (Å²) in [4.78, 5) is 33.8. The second-order valence-corrected chi connectivity index (χ2v) is 4.98. The standard InChI is InChI=1S/C15H23N5O3/c1-18-15(23)12(16)6-7-13(21)20-9-8-19-11-4-2-10(3-5-11)14(17)22/h2-5,12,19H,6-9,16H2,1H3,(H2,17,22)(H,18,23)(H,20,21)/t12-/m0/s1. The van der Waals surface area contributed by atoms with Crippen LogP contribution in [-0.4, -0.2) is 43.9 Å². The molecule has 23 heavy (non-hydrogen) atoms. The van der Waals surface area contributed by atoms with Gasteiger partial charge in [0.15, 0.2) is 0 Å². The molecule has 0 aliphatic heterocycles. The van der Waals surface area contributed by atoms with Crippen LogP contribution in [0.3, 0.4) is 0 Å². The molecule has 0 aromatic heterocycles. The van der Waals surface area contributed by atoms with Crippen LogP contribution in [0.4, 0.5) is 5.69 Å². The summed E-state index contributed by atoms with van der Waals surface area (Å²) in [5.74, 6) is -0.909. The van der Waals surface area contributed by atoms with Gasteiger partial charge >= 0.3 is 0 Å². The van der Waals surface area contributed by atoms with Crippen molar-refractivity contribution in [1.82, 2.24) is 10.6 Å². The Kier molecular flexibility index (Phi) is 7.55. The molecule has 1 rings (SSSR count). The summed E-state index contributed by atoms with van der Waals surface area (Å²) in [5.41, 5.74) is 12.0. The highest BCUT2D eigenvalue weighted by Crippen LogP contribution is 2.08. The summed E-state index contributed by atoms with van der Waals surface area (Å²) in [6.45, 7) is 0.967. The predicted molar refractivity (Wildman–Crippen MR) is 87.7 cm³/mol. The van der Waals surface area contributed by atoms with Gasteiger partial charge in [-0.05, 0) is 30.7 Å². The van der Waals surface area contributed by atoms with Crippen molar-refractivity contribution in [3.8, 4) is 0 Å². The molecule has 1 aromatic carbocycles. The van der Waals surface area contributed by atoms with E-state index in [2.05, 4.69) is 16.0 Å². The van der Waals surface area contributed by atoms with Crippen LogP contribution in [0.15, 0.2) is 24.3 Å². The first-order valence-electron chi connectivity index (χ1n) is 7.31. The van der Waals surface area contributed by atoms with Crippen molar-refractivity contribution in [1.29, 1.82) is 0 Å². The van der Waals surface area contributed by atoms with Crippen LogP contribution >= 0.6 is 0 Å². The van der Waals surface area contributed by atoms with Gasteiger partial charge in [-0.15, -0.1) is 0 Å². The molecule has 1 atom stereocenters. The van der Waals surface area contributed by atoms with Gasteiger partial charge in [-0.3, -0.25) is 14.4 Å². The van der Waals surface area contributed by atoms with Crippen molar-refractivity contribution >= 4 is 23.4 Å². The van der Waals surface area contributed by atoms with Crippen LogP contribution < -0.4 is 27.4 Å². The van der Waals surface area contributed by atoms with E-state index in [4.69, 9.17) is 11.5 Å². The topological polar surface area (TPSA) is 139 Å². The summed E-state index contributed by atoms with van der Waals surface area (Å²) < 4.78 is 0. The maximum atomic E-state index is 11.6. The molecule has 1 aromatic rings. The Balaban J connectivity index is 2.20. The van der Waals surface area contributed by atoms with Gasteiger partial charge in [-0.1, -0.05) is 0 Å². The average molecular weight is 321 g/mol. The summed E-state index contributed by atoms with van der Waals surface area (Å²) in [5, 5.41) is 8.27. The van der Waals surface area contributed by atoms with Crippen molar-refractivity contribution in [2.75, 3.05) is 25.5 Å². The summed E-state index contributed by atoms with van der Waals surface area (Å²) in [6.07, 6.45) is 0.495. The highest BCUT2D eigenvalue weighted by Gasteiger charge is 2.13. The van der Waals surface area contributed by atoms with Crippen LogP contribution in [0.2, 0.25) is 0 Å². The number of anilines is 1. The zero-order valence-electron chi connectivity index (χ0n) is 13.1. The molecule has 0 unspecified atom stereocenters. The highest BCUT2D eigenvalue weighted by molar-refractivity contribution is 5.93. The number of likely N-dealkylation sites (N-methyl/N-ethyl adjacent to an activating group) is 1. The van der Waals surface area contributed by atoms with E-state index >= 15 is 0 Å². The van der Waals surface area contributed by atoms with E-state index in [9.17, 15) is 14.4 Å². The molecule has 0 aliphatic carbocycles. The number of benzene rings is 1. The maximum Gasteiger partial charge on any atom is 0.248 e. The molecule has 0 bridgehead atoms. The lowest BCUT2D eigenvalue weighted by Gasteiger charge is -2.11. The van der Waals surface area contributed by atoms with Crippen LogP contribution in [0.5, 0.6) is 0 Å². The first kappa shape index (κ1) is 18.4. The molecule has 0 radical (unpaired) electrons. The Morgan fingerprint density at radius 2 is 1.78 bits per heavy atom. The normalized spacial score (nSPS) is 11.4. The smallest absolute Gasteiger partial charge is 0.248 e. The van der Waals surface area contributed by atoms with Gasteiger partial charge in [-0.25, -0.2) is 0 Å². The van der Waals surface area contributed by atoms with E-state index in [1.165, 1.54) is 7.05 Å². The van der Waals surface area contributed by atoms with Gasteiger partial charge in [-0.2, -0.15) is 0 Å². The number of nitrogens with two attached hydrogens (primary N) is 2. The lowest BCUT2D eigenvalue weighted by molar-refractivity contribution is -0.123. The number of carbonyl (C=O) groups excluding carboxylic acids is 3. The number of hydrogen-bond acceptors (Lipinski definition) is 5. The Bertz CT molecular complexity index is 545. The minimum atomic E-state index is -0.673. The van der Waals surface area contributed by atoms with Gasteiger partial charge in [0.1, 0.15) is 0 Å². The van der Waals surface area contributed by atoms with Gasteiger partial charge < -0.3 is 27.4 Å². The van der Waals surface area contributed by atoms with E-state index < -0.39 is 11.9 Å². The minimum Gasteiger partial charge on any atom is -0.383 e. The Morgan fingerprint density at radius 3 is 2.35 bits per heavy atom. The van der Waals surface area contributed by atoms with E-state index in [1.807, 2.05) is 0 Å². The zero-order valence-corrected chi connectivity index (χ0v) is 13.1. The molecule has 126 valence electrons. The number of primary amides is 1. The number of nitrogens with one attached hydrogen (secondary N) is 3. The van der Waals surface area contributed by atoms with Gasteiger partial charge in [0.25, 0.3) is 0 Å². The maximum absolute atomic E-state index is 11.6. The molecule has 0 saturated carbocycles. The Morgan fingerprint density at radius 1 is 1.13 bits per heavy atom. The molecule has 7 N–H and O–H groups in total. The van der Waals surface area contributed by atoms with Gasteiger partial charge in [0.2, 0.25) is 17.7 Å². The lowest BCUT2D eigenvalue weighted by Crippen LogP contribution is -2.39. The van der Waals surface area contributed by atoms with Crippen molar-refractivity contribution in [2.45, 2.75) is 18.9 Å². The fraction of sp³-hybridized carbons (Fsp3) is 0.400. The van der Waals surface area contributed by atoms with E-state index in [0.717, 1.165) is 5.69 Å². The zero-order chi connectivity index (χ0) is 17.2. The lowest BCUT2D eigenvalue weighted by atomic mass is 10.1. The molecule has 0 aliphatic rings. The van der Waals surface area contributed by atoms with Crippen LogP contribution in [-0.2, 0) is 9.59 Å². The van der Waals surface area contributed by atoms with E-state index in [-0.39, 0.29) is 18.2 Å². The Labute approximate surface area is 135 Å². The predicted octanol–water partition coefficient (Wildman–Crippen LogP) is -0.833. The van der Waals surface area contributed by atoms with Crippen molar-refractivity contribution < 1.29 is 14.4 Å². The van der Waals surface area contributed by atoms with E-state index in [1.54, 1.807) is 24.3 Å². The van der Waals surface area contributed by atoms with E-state index in [0.29, 0.717) is 25.1 Å². The first-order valence-corrected chi connectivity index (χ1v) is 7.31. The summed E-state index contributed by atoms with van der Waals surface area (Å²) in [7, 11) is 1.50. The molecule has 0 saturated heterocycles. The third kappa shape index (κ3) is 6.79. The third-order valence-electron chi connectivity index (χ3n) is 3.21. The second kappa shape index (κ2) is 9.42. The third-order valence-corrected chi connectivity index (χ3v) is 3.21. The molecular weight excluding hydrogens is 298 g/mol. The average Bonchev–Trinajstić information content (AvgIpc) is 2.56. The number of rotatable bonds is 9. The monoisotopic (exact) mass is 321 g/mol. The molecular formula is C15H23N5O3. The molecule has 0 heterocycles. The first-order chi connectivity index (χ1) is 10.9. The number of amides is 3. The fourth-order valence-electron chi connectivity index (χ4n) is 1.85. The largest absolute Gasteiger partial charge is 0.383 e. The van der Waals surface area contributed by atoms with Crippen LogP contribution in [0.1, 0.15) is 23.2 Å². The minimum absolute atomic E-state index is 0.157. The van der Waals surface area contributed by atoms with Gasteiger partial charge in [0.05, 0.1) is 6.04 Å². The second-order valence-electron chi connectivity index (χ2n) is 4.98. The van der Waals surface area contributed by atoms with Crippen molar-refractivity contribution in [3.63, 3.8) is 0 Å². The van der Waals surface area contributed by atoms with Crippen molar-refractivity contribution in [2.24, 2.45) is 11.5 Å². The number of carbonyl (C=O) groups is 3. The fourth-order valence-corrected chi connectivity index (χ4v) is 1.85. The van der Waals surface area contributed by atoms with Crippen LogP contribution in [0.25, 0.3) is 0 Å². The van der Waals surface area contributed by atoms with Gasteiger partial charge in [0, 0.05) is 37.8 Å². The SMILES string of the molecule is CNC(=O)[C@@H](N)CCC(=O)NCCNc1ccc(C(N)=O)cc1. The molecule has 8 nitrogen and oxygen atoms in total. The molecule has 8 heteroatoms. The van der Waals surface area contributed by atoms with Crippen molar-refractivity contribution in [3.05, 3.63) is 29.8 Å². The highest BCUT2D eigenvalue weighted by atomic mass is 16.2. The molecule has 0 spiro atoms. The Hall–Kier alpha value is -2.61. The molecule has 0 fully saturated rings. The quantitative estimate of drug-likeness (QED) is 0.378.